The normalized spacial score (nSPS) is 16.5. The third-order valence-electron chi connectivity index (χ3n) is 4.88. The van der Waals surface area contributed by atoms with Crippen molar-refractivity contribution >= 4 is 34.0 Å². The maximum atomic E-state index is 12.8. The van der Waals surface area contributed by atoms with Gasteiger partial charge in [0.25, 0.3) is 5.89 Å². The molecule has 2 aromatic rings. The van der Waals surface area contributed by atoms with Crippen molar-refractivity contribution in [2.24, 2.45) is 5.73 Å². The van der Waals surface area contributed by atoms with Crippen molar-refractivity contribution in [2.75, 3.05) is 13.1 Å². The molecule has 3 rings (SSSR count). The van der Waals surface area contributed by atoms with Crippen molar-refractivity contribution in [3.8, 4) is 11.5 Å². The smallest absolute Gasteiger partial charge is 0.259 e. The van der Waals surface area contributed by atoms with Gasteiger partial charge in [0.1, 0.15) is 0 Å². The molecule has 7 nitrogen and oxygen atoms in total. The molecule has 2 N–H and O–H groups in total. The summed E-state index contributed by atoms with van der Waals surface area (Å²) < 4.78 is 32.2. The van der Waals surface area contributed by atoms with Gasteiger partial charge in [-0.15, -0.1) is 12.4 Å². The van der Waals surface area contributed by atoms with Gasteiger partial charge in [0, 0.05) is 13.1 Å². The number of benzene rings is 1. The van der Waals surface area contributed by atoms with Gasteiger partial charge in [-0.1, -0.05) is 43.4 Å². The molecule has 0 radical (unpaired) electrons. The maximum absolute atomic E-state index is 12.8. The van der Waals surface area contributed by atoms with Gasteiger partial charge >= 0.3 is 0 Å². The fraction of sp³-hybridized carbons (Fsp3) is 0.529. The fourth-order valence-electron chi connectivity index (χ4n) is 3.31. The second-order valence-corrected chi connectivity index (χ2v) is 8.86. The second-order valence-electron chi connectivity index (χ2n) is 6.52. The number of nitrogens with zero attached hydrogens (tertiary/aromatic N) is 3. The van der Waals surface area contributed by atoms with Crippen molar-refractivity contribution in [1.82, 2.24) is 14.4 Å². The first-order valence-corrected chi connectivity index (χ1v) is 10.6. The number of rotatable bonds is 6. The Labute approximate surface area is 170 Å². The summed E-state index contributed by atoms with van der Waals surface area (Å²) in [7, 11) is -3.61. The fourth-order valence-corrected chi connectivity index (χ4v) is 4.99. The van der Waals surface area contributed by atoms with E-state index in [0.717, 1.165) is 25.7 Å². The highest BCUT2D eigenvalue weighted by Gasteiger charge is 2.36. The molecule has 0 aliphatic heterocycles. The van der Waals surface area contributed by atoms with Crippen LogP contribution in [0.15, 0.2) is 27.6 Å². The zero-order valence-corrected chi connectivity index (χ0v) is 17.7. The highest BCUT2D eigenvalue weighted by molar-refractivity contribution is 7.89. The van der Waals surface area contributed by atoms with Gasteiger partial charge in [0.2, 0.25) is 10.0 Å². The first kappa shape index (κ1) is 22.1. The van der Waals surface area contributed by atoms with Crippen LogP contribution < -0.4 is 5.73 Å². The molecule has 1 fully saturated rings. The van der Waals surface area contributed by atoms with Gasteiger partial charge in [-0.2, -0.15) is 9.29 Å². The summed E-state index contributed by atoms with van der Waals surface area (Å²) >= 11 is 6.26. The van der Waals surface area contributed by atoms with Crippen LogP contribution in [0.4, 0.5) is 0 Å². The molecule has 1 aromatic carbocycles. The van der Waals surface area contributed by atoms with Crippen molar-refractivity contribution < 1.29 is 12.9 Å². The zero-order valence-electron chi connectivity index (χ0n) is 15.3. The van der Waals surface area contributed by atoms with Crippen LogP contribution in [0.25, 0.3) is 11.5 Å². The SMILES string of the molecule is CCN(CC)S(=O)(=O)c1ccc(Cl)c(-c2nc(C3(N)CCCC3)no2)c1.Cl. The largest absolute Gasteiger partial charge is 0.334 e. The molecule has 0 bridgehead atoms. The summed E-state index contributed by atoms with van der Waals surface area (Å²) in [5, 5.41) is 4.36. The Hall–Kier alpha value is -1.19. The number of aromatic nitrogens is 2. The molecule has 0 atom stereocenters. The third-order valence-corrected chi connectivity index (χ3v) is 7.25. The highest BCUT2D eigenvalue weighted by Crippen LogP contribution is 2.37. The Morgan fingerprint density at radius 2 is 1.89 bits per heavy atom. The molecule has 0 unspecified atom stereocenters. The number of hydrogen-bond acceptors (Lipinski definition) is 6. The van der Waals surface area contributed by atoms with Crippen LogP contribution in [0.2, 0.25) is 5.02 Å². The van der Waals surface area contributed by atoms with Gasteiger partial charge < -0.3 is 10.3 Å². The maximum Gasteiger partial charge on any atom is 0.259 e. The Morgan fingerprint density at radius 1 is 1.26 bits per heavy atom. The van der Waals surface area contributed by atoms with Crippen molar-refractivity contribution in [3.63, 3.8) is 0 Å². The minimum absolute atomic E-state index is 0. The molecule has 150 valence electrons. The average molecular weight is 435 g/mol. The summed E-state index contributed by atoms with van der Waals surface area (Å²) in [6, 6.07) is 4.49. The summed E-state index contributed by atoms with van der Waals surface area (Å²) in [5.74, 6) is 0.622. The molecular formula is C17H24Cl2N4O3S. The van der Waals surface area contributed by atoms with Gasteiger partial charge in [-0.25, -0.2) is 8.42 Å². The van der Waals surface area contributed by atoms with E-state index < -0.39 is 15.6 Å². The van der Waals surface area contributed by atoms with Gasteiger partial charge in [-0.05, 0) is 31.0 Å². The molecule has 0 saturated heterocycles. The van der Waals surface area contributed by atoms with Crippen molar-refractivity contribution in [2.45, 2.75) is 50.0 Å². The van der Waals surface area contributed by atoms with Crippen LogP contribution >= 0.6 is 24.0 Å². The summed E-state index contributed by atoms with van der Waals surface area (Å²) in [6.45, 7) is 4.36. The Kier molecular flexibility index (Phi) is 6.91. The molecule has 0 spiro atoms. The van der Waals surface area contributed by atoms with Crippen LogP contribution in [-0.2, 0) is 15.6 Å². The molecule has 10 heteroatoms. The zero-order chi connectivity index (χ0) is 18.9. The Bertz CT molecular complexity index is 891. The molecule has 1 saturated carbocycles. The highest BCUT2D eigenvalue weighted by atomic mass is 35.5. The molecule has 0 amide bonds. The third kappa shape index (κ3) is 4.14. The Balaban J connectivity index is 0.00000261. The number of sulfonamides is 1. The lowest BCUT2D eigenvalue weighted by molar-refractivity contribution is 0.372. The average Bonchev–Trinajstić information content (AvgIpc) is 3.26. The van der Waals surface area contributed by atoms with E-state index >= 15 is 0 Å². The van der Waals surface area contributed by atoms with Gasteiger partial charge in [0.15, 0.2) is 5.82 Å². The van der Waals surface area contributed by atoms with E-state index in [-0.39, 0.29) is 23.2 Å². The van der Waals surface area contributed by atoms with Crippen LogP contribution in [0.3, 0.4) is 0 Å². The topological polar surface area (TPSA) is 102 Å². The van der Waals surface area contributed by atoms with Crippen molar-refractivity contribution in [1.29, 1.82) is 0 Å². The first-order valence-electron chi connectivity index (χ1n) is 8.75. The molecule has 27 heavy (non-hydrogen) atoms. The molecule has 1 aromatic heterocycles. The monoisotopic (exact) mass is 434 g/mol. The van der Waals surface area contributed by atoms with Gasteiger partial charge in [-0.3, -0.25) is 0 Å². The summed E-state index contributed by atoms with van der Waals surface area (Å²) in [5.41, 5.74) is 6.17. The lowest BCUT2D eigenvalue weighted by Gasteiger charge is -2.19. The van der Waals surface area contributed by atoms with Crippen LogP contribution in [-0.4, -0.2) is 36.0 Å². The van der Waals surface area contributed by atoms with E-state index in [1.165, 1.54) is 22.5 Å². The van der Waals surface area contributed by atoms with E-state index in [2.05, 4.69) is 10.1 Å². The predicted molar refractivity (Wildman–Crippen MR) is 106 cm³/mol. The van der Waals surface area contributed by atoms with Gasteiger partial charge in [0.05, 0.1) is 21.0 Å². The predicted octanol–water partition coefficient (Wildman–Crippen LogP) is 3.57. The minimum atomic E-state index is -3.61. The van der Waals surface area contributed by atoms with E-state index in [9.17, 15) is 8.42 Å². The van der Waals surface area contributed by atoms with Crippen LogP contribution in [0.5, 0.6) is 0 Å². The second kappa shape index (κ2) is 8.45. The molecule has 1 aliphatic rings. The van der Waals surface area contributed by atoms with Crippen LogP contribution in [0, 0.1) is 0 Å². The summed E-state index contributed by atoms with van der Waals surface area (Å²) in [4.78, 5) is 4.55. The first-order chi connectivity index (χ1) is 12.3. The minimum Gasteiger partial charge on any atom is -0.334 e. The number of nitrogens with two attached hydrogens (primary N) is 1. The summed E-state index contributed by atoms with van der Waals surface area (Å²) in [6.07, 6.45) is 3.66. The van der Waals surface area contributed by atoms with E-state index in [4.69, 9.17) is 21.9 Å². The number of halogens is 2. The van der Waals surface area contributed by atoms with E-state index in [0.29, 0.717) is 29.5 Å². The standard InChI is InChI=1S/C17H23ClN4O3S.ClH/c1-3-22(4-2)26(23,24)12-7-8-14(18)13(11-12)15-20-16(21-25-15)17(19)9-5-6-10-17;/h7-8,11H,3-6,9-10,19H2,1-2H3;1H. The van der Waals surface area contributed by atoms with E-state index in [1.54, 1.807) is 13.8 Å². The molecule has 1 heterocycles. The Morgan fingerprint density at radius 3 is 2.48 bits per heavy atom. The lowest BCUT2D eigenvalue weighted by Crippen LogP contribution is -2.34. The van der Waals surface area contributed by atoms with Crippen molar-refractivity contribution in [3.05, 3.63) is 29.0 Å². The van der Waals surface area contributed by atoms with Crippen LogP contribution in [0.1, 0.15) is 45.4 Å². The number of hydrogen-bond donors (Lipinski definition) is 1. The lowest BCUT2D eigenvalue weighted by atomic mass is 9.99. The quantitative estimate of drug-likeness (QED) is 0.744. The van der Waals surface area contributed by atoms with E-state index in [1.807, 2.05) is 0 Å². The molecular weight excluding hydrogens is 411 g/mol. The molecule has 1 aliphatic carbocycles.